The largest absolute Gasteiger partial charge is 0.477 e. The van der Waals surface area contributed by atoms with Crippen LogP contribution in [0.2, 0.25) is 0 Å². The van der Waals surface area contributed by atoms with E-state index in [1.807, 2.05) is 13.8 Å². The molecule has 2 aromatic heterocycles. The Balaban J connectivity index is 2.03. The standard InChI is InChI=1S/C13H14N4O3/c1-7-10(8(2)17-16-7)5-12(18)15-9-3-4-11(13(19)20)14-6-9/h3-4,6H,5H2,1-2H3,(H,15,18)(H,16,17)(H,19,20). The summed E-state index contributed by atoms with van der Waals surface area (Å²) in [6.45, 7) is 3.68. The quantitative estimate of drug-likeness (QED) is 0.778. The molecule has 104 valence electrons. The van der Waals surface area contributed by atoms with E-state index in [2.05, 4.69) is 20.5 Å². The number of aromatic carboxylic acids is 1. The Bertz CT molecular complexity index is 627. The van der Waals surface area contributed by atoms with E-state index in [0.717, 1.165) is 17.0 Å². The molecule has 2 rings (SSSR count). The third kappa shape index (κ3) is 3.00. The van der Waals surface area contributed by atoms with Crippen LogP contribution in [0.4, 0.5) is 5.69 Å². The molecule has 0 fully saturated rings. The van der Waals surface area contributed by atoms with E-state index in [-0.39, 0.29) is 18.0 Å². The SMILES string of the molecule is Cc1n[nH]c(C)c1CC(=O)Nc1ccc(C(=O)O)nc1. The molecule has 2 aromatic rings. The van der Waals surface area contributed by atoms with Gasteiger partial charge in [0.05, 0.1) is 24.0 Å². The summed E-state index contributed by atoms with van der Waals surface area (Å²) in [4.78, 5) is 26.3. The number of amides is 1. The maximum atomic E-state index is 11.9. The fraction of sp³-hybridized carbons (Fsp3) is 0.231. The number of nitrogens with zero attached hydrogens (tertiary/aromatic N) is 2. The van der Waals surface area contributed by atoms with Crippen LogP contribution < -0.4 is 5.32 Å². The summed E-state index contributed by atoms with van der Waals surface area (Å²) in [7, 11) is 0. The molecule has 0 radical (unpaired) electrons. The molecule has 3 N–H and O–H groups in total. The van der Waals surface area contributed by atoms with Crippen LogP contribution in [0, 0.1) is 13.8 Å². The lowest BCUT2D eigenvalue weighted by Gasteiger charge is -2.05. The zero-order valence-electron chi connectivity index (χ0n) is 11.1. The summed E-state index contributed by atoms with van der Waals surface area (Å²) in [5, 5.41) is 18.2. The number of carboxylic acid groups (broad SMARTS) is 1. The van der Waals surface area contributed by atoms with E-state index in [4.69, 9.17) is 5.11 Å². The first-order valence-corrected chi connectivity index (χ1v) is 5.97. The molecule has 0 saturated heterocycles. The van der Waals surface area contributed by atoms with Crippen molar-refractivity contribution >= 4 is 17.6 Å². The van der Waals surface area contributed by atoms with Crippen molar-refractivity contribution < 1.29 is 14.7 Å². The Hall–Kier alpha value is -2.70. The van der Waals surface area contributed by atoms with Crippen molar-refractivity contribution in [2.45, 2.75) is 20.3 Å². The third-order valence-corrected chi connectivity index (χ3v) is 2.88. The van der Waals surface area contributed by atoms with Gasteiger partial charge in [-0.05, 0) is 26.0 Å². The van der Waals surface area contributed by atoms with E-state index in [9.17, 15) is 9.59 Å². The lowest BCUT2D eigenvalue weighted by molar-refractivity contribution is -0.115. The van der Waals surface area contributed by atoms with E-state index in [0.29, 0.717) is 5.69 Å². The number of carboxylic acids is 1. The van der Waals surface area contributed by atoms with Crippen molar-refractivity contribution in [3.05, 3.63) is 41.0 Å². The van der Waals surface area contributed by atoms with Gasteiger partial charge in [-0.2, -0.15) is 5.10 Å². The molecule has 0 aliphatic carbocycles. The highest BCUT2D eigenvalue weighted by Crippen LogP contribution is 2.12. The molecule has 0 aromatic carbocycles. The molecular weight excluding hydrogens is 260 g/mol. The number of pyridine rings is 1. The highest BCUT2D eigenvalue weighted by atomic mass is 16.4. The minimum Gasteiger partial charge on any atom is -0.477 e. The van der Waals surface area contributed by atoms with Gasteiger partial charge in [0.1, 0.15) is 5.69 Å². The normalized spacial score (nSPS) is 10.3. The number of hydrogen-bond acceptors (Lipinski definition) is 4. The summed E-state index contributed by atoms with van der Waals surface area (Å²) in [5.41, 5.74) is 2.90. The van der Waals surface area contributed by atoms with E-state index < -0.39 is 5.97 Å². The van der Waals surface area contributed by atoms with E-state index in [1.54, 1.807) is 0 Å². The van der Waals surface area contributed by atoms with E-state index >= 15 is 0 Å². The van der Waals surface area contributed by atoms with Gasteiger partial charge in [0.15, 0.2) is 0 Å². The highest BCUT2D eigenvalue weighted by molar-refractivity contribution is 5.93. The van der Waals surface area contributed by atoms with Crippen molar-refractivity contribution in [1.82, 2.24) is 15.2 Å². The summed E-state index contributed by atoms with van der Waals surface area (Å²) in [6, 6.07) is 2.84. The van der Waals surface area contributed by atoms with Gasteiger partial charge in [-0.15, -0.1) is 0 Å². The number of nitrogens with one attached hydrogen (secondary N) is 2. The first-order valence-electron chi connectivity index (χ1n) is 5.97. The van der Waals surface area contributed by atoms with Crippen molar-refractivity contribution in [3.63, 3.8) is 0 Å². The number of aromatic nitrogens is 3. The lowest BCUT2D eigenvalue weighted by Crippen LogP contribution is -2.15. The minimum atomic E-state index is -1.10. The van der Waals surface area contributed by atoms with Gasteiger partial charge in [0.2, 0.25) is 5.91 Å². The first kappa shape index (κ1) is 13.7. The van der Waals surface area contributed by atoms with Crippen LogP contribution in [0.3, 0.4) is 0 Å². The molecule has 20 heavy (non-hydrogen) atoms. The number of carbonyl (C=O) groups excluding carboxylic acids is 1. The Kier molecular flexibility index (Phi) is 3.79. The Morgan fingerprint density at radius 2 is 2.10 bits per heavy atom. The van der Waals surface area contributed by atoms with Crippen LogP contribution in [0.25, 0.3) is 0 Å². The molecule has 0 spiro atoms. The number of aromatic amines is 1. The molecule has 0 bridgehead atoms. The zero-order valence-corrected chi connectivity index (χ0v) is 11.1. The number of carbonyl (C=O) groups is 2. The number of hydrogen-bond donors (Lipinski definition) is 3. The molecule has 0 aliphatic rings. The highest BCUT2D eigenvalue weighted by Gasteiger charge is 2.12. The minimum absolute atomic E-state index is 0.0653. The van der Waals surface area contributed by atoms with Crippen LogP contribution in [0.1, 0.15) is 27.4 Å². The molecule has 0 atom stereocenters. The van der Waals surface area contributed by atoms with Gasteiger partial charge in [0, 0.05) is 11.3 Å². The lowest BCUT2D eigenvalue weighted by atomic mass is 10.1. The van der Waals surface area contributed by atoms with Gasteiger partial charge in [-0.3, -0.25) is 9.89 Å². The third-order valence-electron chi connectivity index (χ3n) is 2.88. The number of anilines is 1. The Morgan fingerprint density at radius 1 is 1.35 bits per heavy atom. The smallest absolute Gasteiger partial charge is 0.354 e. The fourth-order valence-corrected chi connectivity index (χ4v) is 1.79. The van der Waals surface area contributed by atoms with Crippen molar-refractivity contribution in [1.29, 1.82) is 0 Å². The van der Waals surface area contributed by atoms with Gasteiger partial charge in [-0.1, -0.05) is 0 Å². The molecule has 0 unspecified atom stereocenters. The van der Waals surface area contributed by atoms with Crippen LogP contribution in [-0.4, -0.2) is 32.2 Å². The summed E-state index contributed by atoms with van der Waals surface area (Å²) in [5.74, 6) is -1.31. The monoisotopic (exact) mass is 274 g/mol. The summed E-state index contributed by atoms with van der Waals surface area (Å²) >= 11 is 0. The second-order valence-electron chi connectivity index (χ2n) is 4.37. The van der Waals surface area contributed by atoms with Crippen LogP contribution >= 0.6 is 0 Å². The summed E-state index contributed by atoms with van der Waals surface area (Å²) < 4.78 is 0. The molecule has 2 heterocycles. The molecule has 0 saturated carbocycles. The van der Waals surface area contributed by atoms with Crippen molar-refractivity contribution in [3.8, 4) is 0 Å². The van der Waals surface area contributed by atoms with Crippen LogP contribution in [0.15, 0.2) is 18.3 Å². The molecule has 0 aliphatic heterocycles. The topological polar surface area (TPSA) is 108 Å². The van der Waals surface area contributed by atoms with Crippen LogP contribution in [-0.2, 0) is 11.2 Å². The Morgan fingerprint density at radius 3 is 2.60 bits per heavy atom. The van der Waals surface area contributed by atoms with Crippen molar-refractivity contribution in [2.24, 2.45) is 0 Å². The Labute approximate surface area is 115 Å². The average Bonchev–Trinajstić information content (AvgIpc) is 2.71. The maximum absolute atomic E-state index is 11.9. The van der Waals surface area contributed by atoms with Gasteiger partial charge < -0.3 is 10.4 Å². The van der Waals surface area contributed by atoms with Gasteiger partial charge in [-0.25, -0.2) is 9.78 Å². The molecule has 1 amide bonds. The van der Waals surface area contributed by atoms with Gasteiger partial charge >= 0.3 is 5.97 Å². The molecular formula is C13H14N4O3. The predicted molar refractivity (Wildman–Crippen MR) is 71.6 cm³/mol. The first-order chi connectivity index (χ1) is 9.47. The average molecular weight is 274 g/mol. The number of aryl methyl sites for hydroxylation is 2. The van der Waals surface area contributed by atoms with Crippen molar-refractivity contribution in [2.75, 3.05) is 5.32 Å². The zero-order chi connectivity index (χ0) is 14.7. The summed E-state index contributed by atoms with van der Waals surface area (Å²) in [6.07, 6.45) is 1.52. The van der Waals surface area contributed by atoms with E-state index in [1.165, 1.54) is 18.3 Å². The molecule has 7 heteroatoms. The second-order valence-corrected chi connectivity index (χ2v) is 4.37. The van der Waals surface area contributed by atoms with Gasteiger partial charge in [0.25, 0.3) is 0 Å². The number of rotatable bonds is 4. The molecule has 7 nitrogen and oxygen atoms in total. The number of H-pyrrole nitrogens is 1. The predicted octanol–water partition coefficient (Wildman–Crippen LogP) is 1.30. The second kappa shape index (κ2) is 5.52. The van der Waals surface area contributed by atoms with Crippen LogP contribution in [0.5, 0.6) is 0 Å². The maximum Gasteiger partial charge on any atom is 0.354 e. The fourth-order valence-electron chi connectivity index (χ4n) is 1.79.